The second-order valence-corrected chi connectivity index (χ2v) is 4.70. The second-order valence-electron chi connectivity index (χ2n) is 4.70. The molecule has 0 aromatic carbocycles. The molecule has 0 amide bonds. The first kappa shape index (κ1) is 13.9. The standard InChI is InChI=1S/C13H16F3N3/c1-3-4-11-8-19(9-18(11)2)12-7-10(5-6-17-12)13(14,15)16/h3,5-7,11H,1,4,8-9H2,2H3. The molecule has 0 aliphatic carbocycles. The van der Waals surface area contributed by atoms with E-state index in [1.165, 1.54) is 6.20 Å². The molecule has 1 aromatic rings. The molecule has 1 unspecified atom stereocenters. The molecule has 0 saturated carbocycles. The Hall–Kier alpha value is -1.56. The van der Waals surface area contributed by atoms with Crippen LogP contribution in [-0.2, 0) is 6.18 Å². The van der Waals surface area contributed by atoms with Gasteiger partial charge in [-0.15, -0.1) is 6.58 Å². The Bertz CT molecular complexity index is 459. The smallest absolute Gasteiger partial charge is 0.342 e. The molecule has 1 aliphatic rings. The summed E-state index contributed by atoms with van der Waals surface area (Å²) in [6.45, 7) is 4.93. The third kappa shape index (κ3) is 3.07. The zero-order valence-corrected chi connectivity index (χ0v) is 10.7. The quantitative estimate of drug-likeness (QED) is 0.788. The van der Waals surface area contributed by atoms with Crippen molar-refractivity contribution in [3.05, 3.63) is 36.5 Å². The highest BCUT2D eigenvalue weighted by molar-refractivity contribution is 5.43. The van der Waals surface area contributed by atoms with Crippen LogP contribution in [0.5, 0.6) is 0 Å². The molecule has 1 atom stereocenters. The van der Waals surface area contributed by atoms with Crippen LogP contribution in [0.2, 0.25) is 0 Å². The molecular weight excluding hydrogens is 255 g/mol. The van der Waals surface area contributed by atoms with Crippen LogP contribution in [0, 0.1) is 0 Å². The van der Waals surface area contributed by atoms with E-state index in [0.717, 1.165) is 18.6 Å². The Morgan fingerprint density at radius 2 is 2.26 bits per heavy atom. The predicted molar refractivity (Wildman–Crippen MR) is 67.8 cm³/mol. The Morgan fingerprint density at radius 3 is 2.89 bits per heavy atom. The number of halogens is 3. The van der Waals surface area contributed by atoms with Gasteiger partial charge in [-0.1, -0.05) is 6.08 Å². The number of hydrogen-bond acceptors (Lipinski definition) is 3. The topological polar surface area (TPSA) is 19.4 Å². The number of anilines is 1. The molecule has 19 heavy (non-hydrogen) atoms. The molecule has 1 fully saturated rings. The van der Waals surface area contributed by atoms with E-state index in [-0.39, 0.29) is 6.04 Å². The Morgan fingerprint density at radius 1 is 1.53 bits per heavy atom. The Kier molecular flexibility index (Phi) is 3.80. The lowest BCUT2D eigenvalue weighted by molar-refractivity contribution is -0.137. The van der Waals surface area contributed by atoms with Gasteiger partial charge in [0.25, 0.3) is 0 Å². The monoisotopic (exact) mass is 271 g/mol. The first-order valence-electron chi connectivity index (χ1n) is 6.01. The fraction of sp³-hybridized carbons (Fsp3) is 0.462. The van der Waals surface area contributed by atoms with Crippen LogP contribution in [0.15, 0.2) is 31.0 Å². The van der Waals surface area contributed by atoms with Crippen molar-refractivity contribution in [1.29, 1.82) is 0 Å². The van der Waals surface area contributed by atoms with Crippen molar-refractivity contribution in [3.8, 4) is 0 Å². The van der Waals surface area contributed by atoms with Gasteiger partial charge in [-0.2, -0.15) is 13.2 Å². The molecule has 0 radical (unpaired) electrons. The molecule has 1 aliphatic heterocycles. The molecule has 1 aromatic heterocycles. The first-order chi connectivity index (χ1) is 8.91. The van der Waals surface area contributed by atoms with Gasteiger partial charge in [0.15, 0.2) is 0 Å². The largest absolute Gasteiger partial charge is 0.416 e. The highest BCUT2D eigenvalue weighted by atomic mass is 19.4. The molecular formula is C13H16F3N3. The molecule has 6 heteroatoms. The van der Waals surface area contributed by atoms with Gasteiger partial charge in [-0.3, -0.25) is 4.90 Å². The van der Waals surface area contributed by atoms with Crippen molar-refractivity contribution in [1.82, 2.24) is 9.88 Å². The summed E-state index contributed by atoms with van der Waals surface area (Å²) >= 11 is 0. The molecule has 0 spiro atoms. The van der Waals surface area contributed by atoms with Crippen LogP contribution in [0.1, 0.15) is 12.0 Å². The lowest BCUT2D eigenvalue weighted by Crippen LogP contribution is -2.25. The molecule has 0 N–H and O–H groups in total. The van der Waals surface area contributed by atoms with Gasteiger partial charge in [-0.25, -0.2) is 4.98 Å². The van der Waals surface area contributed by atoms with E-state index >= 15 is 0 Å². The zero-order chi connectivity index (χ0) is 14.0. The maximum absolute atomic E-state index is 12.7. The maximum Gasteiger partial charge on any atom is 0.416 e. The lowest BCUT2D eigenvalue weighted by Gasteiger charge is -2.17. The average Bonchev–Trinajstić information content (AvgIpc) is 2.71. The van der Waals surface area contributed by atoms with Crippen LogP contribution in [-0.4, -0.2) is 36.2 Å². The molecule has 2 rings (SSSR count). The van der Waals surface area contributed by atoms with Gasteiger partial charge in [0.1, 0.15) is 5.82 Å². The van der Waals surface area contributed by atoms with Crippen molar-refractivity contribution in [3.63, 3.8) is 0 Å². The van der Waals surface area contributed by atoms with Gasteiger partial charge >= 0.3 is 6.18 Å². The van der Waals surface area contributed by atoms with Crippen LogP contribution >= 0.6 is 0 Å². The number of hydrogen-bond donors (Lipinski definition) is 0. The second kappa shape index (κ2) is 5.21. The minimum Gasteiger partial charge on any atom is -0.342 e. The third-order valence-corrected chi connectivity index (χ3v) is 3.28. The summed E-state index contributed by atoms with van der Waals surface area (Å²) in [5.74, 6) is 0.369. The zero-order valence-electron chi connectivity index (χ0n) is 10.7. The van der Waals surface area contributed by atoms with E-state index < -0.39 is 11.7 Å². The number of alkyl halides is 3. The average molecular weight is 271 g/mol. The SMILES string of the molecule is C=CCC1CN(c2cc(C(F)(F)F)ccn2)CN1C. The van der Waals surface area contributed by atoms with E-state index in [4.69, 9.17) is 0 Å². The first-order valence-corrected chi connectivity index (χ1v) is 6.01. The third-order valence-electron chi connectivity index (χ3n) is 3.28. The summed E-state index contributed by atoms with van der Waals surface area (Å²) in [6.07, 6.45) is -0.487. The minimum atomic E-state index is -4.33. The number of rotatable bonds is 3. The van der Waals surface area contributed by atoms with E-state index in [2.05, 4.69) is 16.5 Å². The number of aromatic nitrogens is 1. The normalized spacial score (nSPS) is 20.8. The summed E-state index contributed by atoms with van der Waals surface area (Å²) in [6, 6.07) is 2.36. The summed E-state index contributed by atoms with van der Waals surface area (Å²) in [4.78, 5) is 7.97. The highest BCUT2D eigenvalue weighted by Crippen LogP contribution is 2.31. The summed E-state index contributed by atoms with van der Waals surface area (Å²) in [5, 5.41) is 0. The highest BCUT2D eigenvalue weighted by Gasteiger charge is 2.33. The van der Waals surface area contributed by atoms with Gasteiger partial charge < -0.3 is 4.90 Å². The molecule has 0 bridgehead atoms. The van der Waals surface area contributed by atoms with Crippen LogP contribution in [0.4, 0.5) is 19.0 Å². The van der Waals surface area contributed by atoms with Gasteiger partial charge in [0.05, 0.1) is 12.2 Å². The summed E-state index contributed by atoms with van der Waals surface area (Å²) in [7, 11) is 1.95. The lowest BCUT2D eigenvalue weighted by atomic mass is 10.2. The van der Waals surface area contributed by atoms with Crippen molar-refractivity contribution < 1.29 is 13.2 Å². The van der Waals surface area contributed by atoms with E-state index in [0.29, 0.717) is 19.0 Å². The molecule has 2 heterocycles. The fourth-order valence-electron chi connectivity index (χ4n) is 2.22. The fourth-order valence-corrected chi connectivity index (χ4v) is 2.22. The maximum atomic E-state index is 12.7. The number of likely N-dealkylation sites (N-methyl/N-ethyl adjacent to an activating group) is 1. The van der Waals surface area contributed by atoms with Crippen molar-refractivity contribution >= 4 is 5.82 Å². The van der Waals surface area contributed by atoms with E-state index in [1.54, 1.807) is 0 Å². The summed E-state index contributed by atoms with van der Waals surface area (Å²) in [5.41, 5.74) is -0.660. The van der Waals surface area contributed by atoms with Gasteiger partial charge in [0, 0.05) is 18.8 Å². The molecule has 1 saturated heterocycles. The number of pyridine rings is 1. The van der Waals surface area contributed by atoms with Crippen molar-refractivity contribution in [2.75, 3.05) is 25.2 Å². The summed E-state index contributed by atoms with van der Waals surface area (Å²) < 4.78 is 38.0. The van der Waals surface area contributed by atoms with Gasteiger partial charge in [0.2, 0.25) is 0 Å². The van der Waals surface area contributed by atoms with Crippen LogP contribution in [0.25, 0.3) is 0 Å². The molecule has 3 nitrogen and oxygen atoms in total. The van der Waals surface area contributed by atoms with Crippen LogP contribution < -0.4 is 4.90 Å². The van der Waals surface area contributed by atoms with Gasteiger partial charge in [-0.05, 0) is 25.6 Å². The number of nitrogens with zero attached hydrogens (tertiary/aromatic N) is 3. The van der Waals surface area contributed by atoms with Crippen molar-refractivity contribution in [2.24, 2.45) is 0 Å². The molecule has 104 valence electrons. The minimum absolute atomic E-state index is 0.272. The van der Waals surface area contributed by atoms with E-state index in [1.807, 2.05) is 18.0 Å². The predicted octanol–water partition coefficient (Wildman–Crippen LogP) is 2.75. The van der Waals surface area contributed by atoms with Crippen LogP contribution in [0.3, 0.4) is 0 Å². The Balaban J connectivity index is 2.17. The van der Waals surface area contributed by atoms with E-state index in [9.17, 15) is 13.2 Å². The Labute approximate surface area is 110 Å². The van der Waals surface area contributed by atoms with Crippen molar-refractivity contribution in [2.45, 2.75) is 18.6 Å².